The number of rotatable bonds is 7. The van der Waals surface area contributed by atoms with E-state index in [9.17, 15) is 4.79 Å². The molecule has 0 bridgehead atoms. The van der Waals surface area contributed by atoms with Crippen LogP contribution in [0, 0.1) is 6.92 Å². The molecule has 2 aromatic carbocycles. The van der Waals surface area contributed by atoms with E-state index in [0.29, 0.717) is 5.75 Å². The second-order valence-electron chi connectivity index (χ2n) is 4.99. The van der Waals surface area contributed by atoms with E-state index in [1.807, 2.05) is 30.3 Å². The fourth-order valence-electron chi connectivity index (χ4n) is 2.08. The first kappa shape index (κ1) is 15.6. The summed E-state index contributed by atoms with van der Waals surface area (Å²) < 4.78 is 0. The highest BCUT2D eigenvalue weighted by Crippen LogP contribution is 2.21. The zero-order valence-electron chi connectivity index (χ0n) is 12.3. The van der Waals surface area contributed by atoms with Crippen LogP contribution in [0.25, 0.3) is 0 Å². The van der Waals surface area contributed by atoms with Crippen LogP contribution in [0.2, 0.25) is 0 Å². The molecule has 0 aromatic heterocycles. The van der Waals surface area contributed by atoms with Gasteiger partial charge in [-0.3, -0.25) is 4.79 Å². The molecule has 3 heteroatoms. The summed E-state index contributed by atoms with van der Waals surface area (Å²) in [6, 6.07) is 18.5. The molecule has 0 saturated carbocycles. The van der Waals surface area contributed by atoms with Gasteiger partial charge in [-0.05, 0) is 37.0 Å². The quantitative estimate of drug-likeness (QED) is 0.622. The maximum atomic E-state index is 11.8. The summed E-state index contributed by atoms with van der Waals surface area (Å²) in [4.78, 5) is 13.0. The number of thioether (sulfide) groups is 1. The van der Waals surface area contributed by atoms with E-state index in [2.05, 4.69) is 36.5 Å². The average molecular weight is 299 g/mol. The van der Waals surface area contributed by atoms with Gasteiger partial charge in [0.2, 0.25) is 5.91 Å². The number of hydrogen-bond acceptors (Lipinski definition) is 2. The largest absolute Gasteiger partial charge is 0.355 e. The zero-order chi connectivity index (χ0) is 14.9. The lowest BCUT2D eigenvalue weighted by atomic mass is 10.1. The maximum Gasteiger partial charge on any atom is 0.230 e. The molecular weight excluding hydrogens is 278 g/mol. The Morgan fingerprint density at radius 2 is 1.76 bits per heavy atom. The highest BCUT2D eigenvalue weighted by molar-refractivity contribution is 8.00. The molecule has 2 rings (SSSR count). The van der Waals surface area contributed by atoms with Crippen molar-refractivity contribution in [3.05, 3.63) is 65.7 Å². The third kappa shape index (κ3) is 5.64. The van der Waals surface area contributed by atoms with Crippen molar-refractivity contribution in [2.75, 3.05) is 12.3 Å². The molecule has 0 atom stereocenters. The second kappa shape index (κ2) is 8.53. The molecule has 0 unspecified atom stereocenters. The molecule has 0 aliphatic heterocycles. The van der Waals surface area contributed by atoms with Crippen LogP contribution in [-0.2, 0) is 11.2 Å². The van der Waals surface area contributed by atoms with Gasteiger partial charge < -0.3 is 5.32 Å². The maximum absolute atomic E-state index is 11.8. The molecule has 0 spiro atoms. The predicted octanol–water partition coefficient (Wildman–Crippen LogP) is 3.84. The van der Waals surface area contributed by atoms with Crippen LogP contribution in [0.15, 0.2) is 59.5 Å². The van der Waals surface area contributed by atoms with Crippen molar-refractivity contribution in [2.24, 2.45) is 0 Å². The highest BCUT2D eigenvalue weighted by Gasteiger charge is 2.04. The Bertz CT molecular complexity index is 568. The molecule has 1 amide bonds. The van der Waals surface area contributed by atoms with Gasteiger partial charge in [0.25, 0.3) is 0 Å². The molecule has 0 saturated heterocycles. The van der Waals surface area contributed by atoms with Gasteiger partial charge in [-0.1, -0.05) is 48.5 Å². The summed E-state index contributed by atoms with van der Waals surface area (Å²) in [5, 5.41) is 2.98. The summed E-state index contributed by atoms with van der Waals surface area (Å²) in [7, 11) is 0. The van der Waals surface area contributed by atoms with Crippen molar-refractivity contribution in [1.29, 1.82) is 0 Å². The van der Waals surface area contributed by atoms with Gasteiger partial charge in [0.1, 0.15) is 0 Å². The Kier molecular flexibility index (Phi) is 6.35. The molecule has 1 N–H and O–H groups in total. The van der Waals surface area contributed by atoms with E-state index in [0.717, 1.165) is 19.4 Å². The lowest BCUT2D eigenvalue weighted by Gasteiger charge is -2.07. The number of aryl methyl sites for hydroxylation is 2. The molecule has 0 radical (unpaired) electrons. The number of hydrogen-bond donors (Lipinski definition) is 1. The average Bonchev–Trinajstić information content (AvgIpc) is 2.52. The Hall–Kier alpha value is -1.74. The van der Waals surface area contributed by atoms with Crippen molar-refractivity contribution >= 4 is 17.7 Å². The standard InChI is InChI=1S/C18H21NOS/c1-15-8-5-6-12-17(15)21-14-18(20)19-13-7-11-16-9-3-2-4-10-16/h2-6,8-10,12H,7,11,13-14H2,1H3,(H,19,20). The predicted molar refractivity (Wildman–Crippen MR) is 89.7 cm³/mol. The Labute approximate surface area is 131 Å². The molecule has 0 aliphatic rings. The summed E-state index contributed by atoms with van der Waals surface area (Å²) in [6.07, 6.45) is 1.98. The molecule has 2 nitrogen and oxygen atoms in total. The first-order chi connectivity index (χ1) is 10.3. The molecule has 0 heterocycles. The van der Waals surface area contributed by atoms with Gasteiger partial charge in [-0.25, -0.2) is 0 Å². The molecular formula is C18H21NOS. The van der Waals surface area contributed by atoms with Gasteiger partial charge >= 0.3 is 0 Å². The summed E-state index contributed by atoms with van der Waals surface area (Å²) in [5.74, 6) is 0.590. The molecule has 21 heavy (non-hydrogen) atoms. The van der Waals surface area contributed by atoms with E-state index in [1.165, 1.54) is 16.0 Å². The lowest BCUT2D eigenvalue weighted by Crippen LogP contribution is -2.26. The number of benzene rings is 2. The Balaban J connectivity index is 1.63. The van der Waals surface area contributed by atoms with Crippen LogP contribution < -0.4 is 5.32 Å². The summed E-state index contributed by atoms with van der Waals surface area (Å²) >= 11 is 1.60. The second-order valence-corrected chi connectivity index (χ2v) is 6.01. The first-order valence-corrected chi connectivity index (χ1v) is 8.23. The third-order valence-electron chi connectivity index (χ3n) is 3.26. The summed E-state index contributed by atoms with van der Waals surface area (Å²) in [6.45, 7) is 2.81. The van der Waals surface area contributed by atoms with Crippen molar-refractivity contribution < 1.29 is 4.79 Å². The Morgan fingerprint density at radius 3 is 2.52 bits per heavy atom. The molecule has 2 aromatic rings. The van der Waals surface area contributed by atoms with Crippen LogP contribution in [0.1, 0.15) is 17.5 Å². The van der Waals surface area contributed by atoms with Crippen molar-refractivity contribution in [1.82, 2.24) is 5.32 Å². The smallest absolute Gasteiger partial charge is 0.230 e. The van der Waals surface area contributed by atoms with Gasteiger partial charge in [0.15, 0.2) is 0 Å². The van der Waals surface area contributed by atoms with Crippen LogP contribution in [0.3, 0.4) is 0 Å². The van der Waals surface area contributed by atoms with Crippen LogP contribution >= 0.6 is 11.8 Å². The van der Waals surface area contributed by atoms with Crippen molar-refractivity contribution in [2.45, 2.75) is 24.7 Å². The SMILES string of the molecule is Cc1ccccc1SCC(=O)NCCCc1ccccc1. The summed E-state index contributed by atoms with van der Waals surface area (Å²) in [5.41, 5.74) is 2.54. The van der Waals surface area contributed by atoms with Gasteiger partial charge in [0, 0.05) is 11.4 Å². The molecule has 0 fully saturated rings. The fraction of sp³-hybridized carbons (Fsp3) is 0.278. The van der Waals surface area contributed by atoms with E-state index in [4.69, 9.17) is 0 Å². The van der Waals surface area contributed by atoms with Gasteiger partial charge in [-0.2, -0.15) is 0 Å². The van der Waals surface area contributed by atoms with E-state index in [1.54, 1.807) is 11.8 Å². The lowest BCUT2D eigenvalue weighted by molar-refractivity contribution is -0.118. The third-order valence-corrected chi connectivity index (χ3v) is 4.44. The topological polar surface area (TPSA) is 29.1 Å². The first-order valence-electron chi connectivity index (χ1n) is 7.25. The van der Waals surface area contributed by atoms with Crippen LogP contribution in [0.5, 0.6) is 0 Å². The van der Waals surface area contributed by atoms with Crippen LogP contribution in [-0.4, -0.2) is 18.2 Å². The van der Waals surface area contributed by atoms with E-state index >= 15 is 0 Å². The normalized spacial score (nSPS) is 10.3. The van der Waals surface area contributed by atoms with Gasteiger partial charge in [-0.15, -0.1) is 11.8 Å². The molecule has 0 aliphatic carbocycles. The minimum absolute atomic E-state index is 0.108. The highest BCUT2D eigenvalue weighted by atomic mass is 32.2. The number of carbonyl (C=O) groups excluding carboxylic acids is 1. The van der Waals surface area contributed by atoms with E-state index < -0.39 is 0 Å². The van der Waals surface area contributed by atoms with Gasteiger partial charge in [0.05, 0.1) is 5.75 Å². The minimum Gasteiger partial charge on any atom is -0.355 e. The van der Waals surface area contributed by atoms with Crippen LogP contribution in [0.4, 0.5) is 0 Å². The van der Waals surface area contributed by atoms with Crippen molar-refractivity contribution in [3.8, 4) is 0 Å². The zero-order valence-corrected chi connectivity index (χ0v) is 13.2. The minimum atomic E-state index is 0.108. The van der Waals surface area contributed by atoms with Crippen molar-refractivity contribution in [3.63, 3.8) is 0 Å². The molecule has 110 valence electrons. The number of amides is 1. The number of carbonyl (C=O) groups is 1. The number of nitrogens with one attached hydrogen (secondary N) is 1. The Morgan fingerprint density at radius 1 is 1.05 bits per heavy atom. The monoisotopic (exact) mass is 299 g/mol. The fourth-order valence-corrected chi connectivity index (χ4v) is 2.94. The van der Waals surface area contributed by atoms with E-state index in [-0.39, 0.29) is 5.91 Å².